The Morgan fingerprint density at radius 3 is 1.09 bits per heavy atom. The first-order valence-electron chi connectivity index (χ1n) is 22.4. The van der Waals surface area contributed by atoms with Crippen LogP contribution in [-0.4, -0.2) is 73.2 Å². The van der Waals surface area contributed by atoms with E-state index < -0.39 is 0 Å². The molecule has 8 nitrogen and oxygen atoms in total. The van der Waals surface area contributed by atoms with Gasteiger partial charge < -0.3 is 30.2 Å². The third-order valence-corrected chi connectivity index (χ3v) is 13.6. The van der Waals surface area contributed by atoms with Crippen molar-refractivity contribution in [3.8, 4) is 0 Å². The number of benzene rings is 2. The molecule has 0 unspecified atom stereocenters. The lowest BCUT2D eigenvalue weighted by Gasteiger charge is -2.39. The second kappa shape index (κ2) is 20.0. The van der Waals surface area contributed by atoms with E-state index in [4.69, 9.17) is 0 Å². The highest BCUT2D eigenvalue weighted by atomic mass is 16.2. The quantitative estimate of drug-likeness (QED) is 0.238. The van der Waals surface area contributed by atoms with Crippen molar-refractivity contribution < 1.29 is 9.59 Å². The van der Waals surface area contributed by atoms with Crippen LogP contribution in [-0.2, 0) is 0 Å². The van der Waals surface area contributed by atoms with E-state index in [1.165, 1.54) is 101 Å². The maximum atomic E-state index is 14.1. The van der Waals surface area contributed by atoms with Crippen LogP contribution in [0.1, 0.15) is 141 Å². The van der Waals surface area contributed by atoms with Crippen LogP contribution in [0.25, 0.3) is 0 Å². The standard InChI is InChI=1S/C46H70N6O2/c53-45(47-39-23-27-41(28-24-39)49-31-11-5-12-32-49)51(43-15-7-1-2-8-16-43)35-37-19-21-38(22-20-37)36-52(44-17-9-3-4-10-18-44)46(54)48-40-25-29-42(30-26-40)50-33-13-6-14-34-50/h23-30,37-38,43-44H,1-22,31-36H2,(H,47,53)(H,48,54). The number of urea groups is 2. The topological polar surface area (TPSA) is 71.2 Å². The van der Waals surface area contributed by atoms with Gasteiger partial charge in [-0.1, -0.05) is 51.4 Å². The SMILES string of the molecule is O=C(Nc1ccc(N2CCCCC2)cc1)N(CC1CCC(CN(C(=O)Nc2ccc(N3CCCCC3)cc2)C2CCCCCC2)CC1)C1CCCCCC1. The van der Waals surface area contributed by atoms with Gasteiger partial charge in [-0.3, -0.25) is 0 Å². The predicted octanol–water partition coefficient (Wildman–Crippen LogP) is 11.3. The van der Waals surface area contributed by atoms with Crippen LogP contribution < -0.4 is 20.4 Å². The van der Waals surface area contributed by atoms with E-state index in [9.17, 15) is 9.59 Å². The first-order valence-corrected chi connectivity index (χ1v) is 22.4. The van der Waals surface area contributed by atoms with Gasteiger partial charge in [0.15, 0.2) is 0 Å². The fourth-order valence-electron chi connectivity index (χ4n) is 10.3. The summed E-state index contributed by atoms with van der Waals surface area (Å²) >= 11 is 0. The second-order valence-corrected chi connectivity index (χ2v) is 17.5. The Kier molecular flexibility index (Phi) is 14.4. The minimum Gasteiger partial charge on any atom is -0.372 e. The molecule has 2 heterocycles. The zero-order valence-corrected chi connectivity index (χ0v) is 33.3. The lowest BCUT2D eigenvalue weighted by molar-refractivity contribution is 0.126. The smallest absolute Gasteiger partial charge is 0.322 e. The fourth-order valence-corrected chi connectivity index (χ4v) is 10.3. The Hall–Kier alpha value is -3.42. The summed E-state index contributed by atoms with van der Waals surface area (Å²) in [5, 5.41) is 6.65. The van der Waals surface area contributed by atoms with Crippen molar-refractivity contribution in [3.63, 3.8) is 0 Å². The molecule has 0 aromatic heterocycles. The number of carbonyl (C=O) groups is 2. The predicted molar refractivity (Wildman–Crippen MR) is 225 cm³/mol. The van der Waals surface area contributed by atoms with Crippen LogP contribution in [0.15, 0.2) is 48.5 Å². The first kappa shape index (κ1) is 38.8. The lowest BCUT2D eigenvalue weighted by Crippen LogP contribution is -2.47. The summed E-state index contributed by atoms with van der Waals surface area (Å²) in [5.41, 5.74) is 4.33. The number of piperidine rings is 2. The van der Waals surface area contributed by atoms with E-state index in [0.717, 1.165) is 102 Å². The van der Waals surface area contributed by atoms with Crippen molar-refractivity contribution in [1.82, 2.24) is 9.80 Å². The van der Waals surface area contributed by atoms with E-state index in [1.54, 1.807) is 0 Å². The van der Waals surface area contributed by atoms with Gasteiger partial charge in [-0.15, -0.1) is 0 Å². The molecular formula is C46H70N6O2. The third-order valence-electron chi connectivity index (χ3n) is 13.6. The summed E-state index contributed by atoms with van der Waals surface area (Å²) < 4.78 is 0. The van der Waals surface area contributed by atoms with Gasteiger partial charge in [0.2, 0.25) is 0 Å². The molecule has 0 bridgehead atoms. The van der Waals surface area contributed by atoms with Crippen LogP contribution in [0.5, 0.6) is 0 Å². The van der Waals surface area contributed by atoms with Gasteiger partial charge in [0, 0.05) is 74.1 Å². The molecule has 2 N–H and O–H groups in total. The zero-order valence-electron chi connectivity index (χ0n) is 33.3. The zero-order chi connectivity index (χ0) is 37.0. The minimum absolute atomic E-state index is 0.0786. The number of rotatable bonds is 10. The van der Waals surface area contributed by atoms with E-state index in [-0.39, 0.29) is 12.1 Å². The van der Waals surface area contributed by atoms with Crippen molar-refractivity contribution in [2.75, 3.05) is 59.7 Å². The van der Waals surface area contributed by atoms with Crippen molar-refractivity contribution >= 4 is 34.8 Å². The summed E-state index contributed by atoms with van der Waals surface area (Å²) in [7, 11) is 0. The van der Waals surface area contributed by atoms with Crippen LogP contribution >= 0.6 is 0 Å². The largest absolute Gasteiger partial charge is 0.372 e. The summed E-state index contributed by atoms with van der Waals surface area (Å²) in [6.07, 6.45) is 26.7. The molecule has 54 heavy (non-hydrogen) atoms. The van der Waals surface area contributed by atoms with Crippen LogP contribution in [0, 0.1) is 11.8 Å². The summed E-state index contributed by atoms with van der Waals surface area (Å²) in [5.74, 6) is 1.02. The van der Waals surface area contributed by atoms with Crippen molar-refractivity contribution in [3.05, 3.63) is 48.5 Å². The summed E-state index contributed by atoms with van der Waals surface area (Å²) in [6, 6.07) is 17.9. The molecule has 4 amide bonds. The van der Waals surface area contributed by atoms with Crippen molar-refractivity contribution in [2.24, 2.45) is 11.8 Å². The number of carbonyl (C=O) groups excluding carboxylic acids is 2. The Morgan fingerprint density at radius 1 is 0.444 bits per heavy atom. The van der Waals surface area contributed by atoms with Gasteiger partial charge in [0.25, 0.3) is 0 Å². The number of nitrogens with zero attached hydrogens (tertiary/aromatic N) is 4. The number of nitrogens with one attached hydrogen (secondary N) is 2. The van der Waals surface area contributed by atoms with Gasteiger partial charge in [0.1, 0.15) is 0 Å². The number of amides is 4. The molecule has 3 saturated carbocycles. The molecule has 3 aliphatic carbocycles. The average molecular weight is 739 g/mol. The van der Waals surface area contributed by atoms with Crippen molar-refractivity contribution in [2.45, 2.75) is 153 Å². The van der Waals surface area contributed by atoms with Gasteiger partial charge in [-0.25, -0.2) is 9.59 Å². The Balaban J connectivity index is 0.956. The van der Waals surface area contributed by atoms with Crippen LogP contribution in [0.4, 0.5) is 32.3 Å². The van der Waals surface area contributed by atoms with Gasteiger partial charge >= 0.3 is 12.1 Å². The molecule has 296 valence electrons. The molecule has 0 radical (unpaired) electrons. The Morgan fingerprint density at radius 2 is 0.759 bits per heavy atom. The highest BCUT2D eigenvalue weighted by Crippen LogP contribution is 2.34. The molecule has 5 fully saturated rings. The third kappa shape index (κ3) is 10.9. The molecule has 0 spiro atoms. The molecule has 2 aliphatic heterocycles. The normalized spacial score (nSPS) is 23.6. The highest BCUT2D eigenvalue weighted by molar-refractivity contribution is 5.90. The molecule has 0 atom stereocenters. The van der Waals surface area contributed by atoms with Crippen LogP contribution in [0.2, 0.25) is 0 Å². The maximum absolute atomic E-state index is 14.1. The first-order chi connectivity index (χ1) is 26.6. The Labute approximate surface area is 326 Å². The fraction of sp³-hybridized carbons (Fsp3) is 0.696. The number of hydrogen-bond donors (Lipinski definition) is 2. The van der Waals surface area contributed by atoms with Gasteiger partial charge in [-0.05, 0) is 150 Å². The molecule has 8 heteroatoms. The molecule has 7 rings (SSSR count). The Bertz CT molecular complexity index is 1300. The van der Waals surface area contributed by atoms with Crippen molar-refractivity contribution in [1.29, 1.82) is 0 Å². The number of hydrogen-bond acceptors (Lipinski definition) is 4. The summed E-state index contributed by atoms with van der Waals surface area (Å²) in [6.45, 7) is 6.20. The van der Waals surface area contributed by atoms with E-state index in [2.05, 4.69) is 78.8 Å². The molecular weight excluding hydrogens is 669 g/mol. The van der Waals surface area contributed by atoms with Gasteiger partial charge in [0.05, 0.1) is 0 Å². The summed E-state index contributed by atoms with van der Waals surface area (Å²) in [4.78, 5) is 37.6. The average Bonchev–Trinajstić information content (AvgIpc) is 3.67. The van der Waals surface area contributed by atoms with Crippen LogP contribution in [0.3, 0.4) is 0 Å². The monoisotopic (exact) mass is 739 g/mol. The number of anilines is 4. The van der Waals surface area contributed by atoms with E-state index in [0.29, 0.717) is 23.9 Å². The maximum Gasteiger partial charge on any atom is 0.322 e. The molecule has 2 saturated heterocycles. The molecule has 5 aliphatic rings. The van der Waals surface area contributed by atoms with E-state index in [1.807, 2.05) is 0 Å². The molecule has 2 aromatic rings. The van der Waals surface area contributed by atoms with Gasteiger partial charge in [-0.2, -0.15) is 0 Å². The highest BCUT2D eigenvalue weighted by Gasteiger charge is 2.33. The van der Waals surface area contributed by atoms with E-state index >= 15 is 0 Å². The lowest BCUT2D eigenvalue weighted by atomic mass is 9.81. The minimum atomic E-state index is 0.0786. The second-order valence-electron chi connectivity index (χ2n) is 17.5. The molecule has 2 aromatic carbocycles.